The summed E-state index contributed by atoms with van der Waals surface area (Å²) in [6.07, 6.45) is -0.535. The second kappa shape index (κ2) is 4.18. The summed E-state index contributed by atoms with van der Waals surface area (Å²) in [7, 11) is 0. The summed E-state index contributed by atoms with van der Waals surface area (Å²) in [5.74, 6) is -0.0318. The lowest BCUT2D eigenvalue weighted by atomic mass is 9.70. The molecule has 0 bridgehead atoms. The van der Waals surface area contributed by atoms with Crippen molar-refractivity contribution < 1.29 is 17.9 Å². The average Bonchev–Trinajstić information content (AvgIpc) is 2.13. The molecular formula is C11H18F3NO. The number of ether oxygens (including phenoxy) is 1. The van der Waals surface area contributed by atoms with Crippen LogP contribution in [0, 0.1) is 5.92 Å². The maximum atomic E-state index is 12.2. The van der Waals surface area contributed by atoms with Crippen LogP contribution in [0.2, 0.25) is 0 Å². The molecule has 1 saturated carbocycles. The van der Waals surface area contributed by atoms with Crippen molar-refractivity contribution in [3.63, 3.8) is 0 Å². The van der Waals surface area contributed by atoms with Crippen LogP contribution in [-0.2, 0) is 4.74 Å². The molecule has 0 aromatic carbocycles. The quantitative estimate of drug-likeness (QED) is 0.801. The first-order valence-corrected chi connectivity index (χ1v) is 5.87. The second-order valence-electron chi connectivity index (χ2n) is 5.12. The average molecular weight is 237 g/mol. The van der Waals surface area contributed by atoms with Crippen LogP contribution in [0.4, 0.5) is 13.2 Å². The van der Waals surface area contributed by atoms with E-state index in [-0.39, 0.29) is 11.5 Å². The molecular weight excluding hydrogens is 219 g/mol. The minimum absolute atomic E-state index is 0.0318. The van der Waals surface area contributed by atoms with Crippen molar-refractivity contribution in [2.45, 2.75) is 56.3 Å². The third-order valence-corrected chi connectivity index (χ3v) is 3.87. The van der Waals surface area contributed by atoms with Crippen molar-refractivity contribution in [1.82, 2.24) is 0 Å². The van der Waals surface area contributed by atoms with Gasteiger partial charge in [0.25, 0.3) is 0 Å². The van der Waals surface area contributed by atoms with E-state index in [1.165, 1.54) is 0 Å². The zero-order valence-electron chi connectivity index (χ0n) is 9.22. The van der Waals surface area contributed by atoms with E-state index in [0.29, 0.717) is 19.4 Å². The fourth-order valence-electron chi connectivity index (χ4n) is 2.78. The molecule has 94 valence electrons. The van der Waals surface area contributed by atoms with Gasteiger partial charge in [-0.1, -0.05) is 0 Å². The number of alkyl halides is 3. The fourth-order valence-corrected chi connectivity index (χ4v) is 2.78. The number of nitrogens with two attached hydrogens (primary N) is 1. The van der Waals surface area contributed by atoms with E-state index in [9.17, 15) is 13.2 Å². The van der Waals surface area contributed by atoms with Gasteiger partial charge >= 0.3 is 6.18 Å². The molecule has 0 radical (unpaired) electrons. The minimum atomic E-state index is -4.15. The predicted molar refractivity (Wildman–Crippen MR) is 53.9 cm³/mol. The van der Waals surface area contributed by atoms with Crippen molar-refractivity contribution in [3.05, 3.63) is 0 Å². The number of hydrogen-bond donors (Lipinski definition) is 1. The van der Waals surface area contributed by atoms with Crippen LogP contribution in [0.5, 0.6) is 0 Å². The van der Waals surface area contributed by atoms with Crippen LogP contribution >= 0.6 is 0 Å². The van der Waals surface area contributed by atoms with E-state index in [1.807, 2.05) is 0 Å². The molecule has 2 fully saturated rings. The Morgan fingerprint density at radius 1 is 1.38 bits per heavy atom. The Kier molecular flexibility index (Phi) is 3.18. The smallest absolute Gasteiger partial charge is 0.375 e. The van der Waals surface area contributed by atoms with Crippen molar-refractivity contribution in [1.29, 1.82) is 0 Å². The second-order valence-corrected chi connectivity index (χ2v) is 5.12. The number of hydrogen-bond acceptors (Lipinski definition) is 2. The Morgan fingerprint density at radius 3 is 2.56 bits per heavy atom. The highest BCUT2D eigenvalue weighted by Gasteiger charge is 2.45. The van der Waals surface area contributed by atoms with Crippen LogP contribution in [-0.4, -0.2) is 24.4 Å². The lowest BCUT2D eigenvalue weighted by Gasteiger charge is -2.48. The van der Waals surface area contributed by atoms with Gasteiger partial charge < -0.3 is 10.5 Å². The van der Waals surface area contributed by atoms with Crippen LogP contribution < -0.4 is 5.73 Å². The molecule has 1 spiro atoms. The topological polar surface area (TPSA) is 35.2 Å². The van der Waals surface area contributed by atoms with Gasteiger partial charge in [0.05, 0.1) is 12.0 Å². The van der Waals surface area contributed by atoms with Gasteiger partial charge in [-0.15, -0.1) is 0 Å². The maximum absolute atomic E-state index is 12.2. The highest BCUT2D eigenvalue weighted by Crippen LogP contribution is 2.45. The molecule has 0 amide bonds. The highest BCUT2D eigenvalue weighted by atomic mass is 19.4. The molecule has 16 heavy (non-hydrogen) atoms. The molecule has 1 heterocycles. The van der Waals surface area contributed by atoms with Crippen molar-refractivity contribution in [2.24, 2.45) is 11.7 Å². The van der Waals surface area contributed by atoms with Crippen molar-refractivity contribution in [3.8, 4) is 0 Å². The zero-order valence-corrected chi connectivity index (χ0v) is 9.22. The monoisotopic (exact) mass is 237 g/mol. The van der Waals surface area contributed by atoms with Crippen molar-refractivity contribution in [2.75, 3.05) is 6.61 Å². The van der Waals surface area contributed by atoms with E-state index in [4.69, 9.17) is 10.5 Å². The Morgan fingerprint density at radius 2 is 2.06 bits per heavy atom. The molecule has 1 aliphatic heterocycles. The summed E-state index contributed by atoms with van der Waals surface area (Å²) in [6, 6.07) is -0.763. The summed E-state index contributed by atoms with van der Waals surface area (Å²) in [4.78, 5) is 0. The highest BCUT2D eigenvalue weighted by molar-refractivity contribution is 4.96. The number of halogens is 3. The molecule has 2 atom stereocenters. The van der Waals surface area contributed by atoms with Crippen LogP contribution in [0.25, 0.3) is 0 Å². The van der Waals surface area contributed by atoms with E-state index in [1.54, 1.807) is 0 Å². The SMILES string of the molecule is NC(CC(F)(F)F)C1CCOC2(CCC2)C1. The van der Waals surface area contributed by atoms with E-state index in [0.717, 1.165) is 19.3 Å². The molecule has 1 saturated heterocycles. The van der Waals surface area contributed by atoms with Gasteiger partial charge in [0, 0.05) is 12.6 Å². The summed E-state index contributed by atoms with van der Waals surface area (Å²) in [6.45, 7) is 0.566. The Balaban J connectivity index is 1.89. The first kappa shape index (κ1) is 12.2. The van der Waals surface area contributed by atoms with Gasteiger partial charge in [0.1, 0.15) is 0 Å². The van der Waals surface area contributed by atoms with E-state index in [2.05, 4.69) is 0 Å². The molecule has 2 aliphatic rings. The van der Waals surface area contributed by atoms with Crippen LogP contribution in [0.3, 0.4) is 0 Å². The Bertz CT molecular complexity index is 250. The molecule has 2 nitrogen and oxygen atoms in total. The van der Waals surface area contributed by atoms with E-state index < -0.39 is 18.6 Å². The summed E-state index contributed by atoms with van der Waals surface area (Å²) in [5.41, 5.74) is 5.54. The zero-order chi connectivity index (χ0) is 11.8. The van der Waals surface area contributed by atoms with Gasteiger partial charge in [-0.25, -0.2) is 0 Å². The lowest BCUT2D eigenvalue weighted by Crippen LogP contribution is -2.50. The summed E-state index contributed by atoms with van der Waals surface area (Å²) in [5, 5.41) is 0. The molecule has 2 unspecified atom stereocenters. The normalized spacial score (nSPS) is 31.1. The van der Waals surface area contributed by atoms with Gasteiger partial charge in [-0.2, -0.15) is 13.2 Å². The molecule has 0 aromatic rings. The largest absolute Gasteiger partial charge is 0.390 e. The molecule has 2 N–H and O–H groups in total. The van der Waals surface area contributed by atoms with E-state index >= 15 is 0 Å². The minimum Gasteiger partial charge on any atom is -0.375 e. The number of rotatable bonds is 2. The summed E-state index contributed by atoms with van der Waals surface area (Å²) >= 11 is 0. The fraction of sp³-hybridized carbons (Fsp3) is 1.00. The van der Waals surface area contributed by atoms with Crippen LogP contribution in [0.1, 0.15) is 38.5 Å². The van der Waals surface area contributed by atoms with Gasteiger partial charge in [-0.05, 0) is 38.0 Å². The molecule has 0 aromatic heterocycles. The molecule has 2 rings (SSSR count). The Labute approximate surface area is 93.3 Å². The predicted octanol–water partition coefficient (Wildman–Crippen LogP) is 2.62. The van der Waals surface area contributed by atoms with Crippen LogP contribution in [0.15, 0.2) is 0 Å². The standard InChI is InChI=1S/C11H18F3NO/c12-11(13,14)7-9(15)8-2-5-16-10(6-8)3-1-4-10/h8-9H,1-7,15H2. The molecule has 1 aliphatic carbocycles. The lowest BCUT2D eigenvalue weighted by molar-refractivity contribution is -0.163. The third-order valence-electron chi connectivity index (χ3n) is 3.87. The maximum Gasteiger partial charge on any atom is 0.390 e. The first-order valence-electron chi connectivity index (χ1n) is 5.87. The third kappa shape index (κ3) is 2.69. The van der Waals surface area contributed by atoms with Gasteiger partial charge in [0.2, 0.25) is 0 Å². The molecule has 5 heteroatoms. The Hall–Kier alpha value is -0.290. The summed E-state index contributed by atoms with van der Waals surface area (Å²) < 4.78 is 42.4. The first-order chi connectivity index (χ1) is 7.40. The van der Waals surface area contributed by atoms with Gasteiger partial charge in [0.15, 0.2) is 0 Å². The van der Waals surface area contributed by atoms with Crippen molar-refractivity contribution >= 4 is 0 Å². The van der Waals surface area contributed by atoms with Gasteiger partial charge in [-0.3, -0.25) is 0 Å².